The lowest BCUT2D eigenvalue weighted by Crippen LogP contribution is -2.40. The Labute approximate surface area is 132 Å². The van der Waals surface area contributed by atoms with Crippen LogP contribution in [-0.2, 0) is 4.79 Å². The van der Waals surface area contributed by atoms with Crippen LogP contribution in [0.3, 0.4) is 0 Å². The van der Waals surface area contributed by atoms with Gasteiger partial charge in [0.05, 0.1) is 0 Å². The van der Waals surface area contributed by atoms with Crippen LogP contribution in [0.4, 0.5) is 0 Å². The van der Waals surface area contributed by atoms with E-state index in [-0.39, 0.29) is 0 Å². The van der Waals surface area contributed by atoms with Gasteiger partial charge < -0.3 is 0 Å². The predicted octanol–water partition coefficient (Wildman–Crippen LogP) is 5.87. The number of fused-ring (bicyclic) bond motifs is 1. The zero-order valence-electron chi connectivity index (χ0n) is 15.2. The van der Waals surface area contributed by atoms with E-state index in [9.17, 15) is 4.79 Å². The van der Waals surface area contributed by atoms with Crippen molar-refractivity contribution in [3.05, 3.63) is 0 Å². The Hall–Kier alpha value is -0.330. The first-order valence-electron chi connectivity index (χ1n) is 9.18. The fourth-order valence-corrected chi connectivity index (χ4v) is 5.15. The van der Waals surface area contributed by atoms with Gasteiger partial charge in [0.2, 0.25) is 0 Å². The number of rotatable bonds is 4. The molecule has 2 saturated carbocycles. The van der Waals surface area contributed by atoms with Crippen LogP contribution >= 0.6 is 0 Å². The maximum Gasteiger partial charge on any atom is 0.136 e. The van der Waals surface area contributed by atoms with E-state index in [0.717, 1.165) is 37.0 Å². The minimum Gasteiger partial charge on any atom is -0.299 e. The normalized spacial score (nSPS) is 36.4. The van der Waals surface area contributed by atoms with Gasteiger partial charge in [0.25, 0.3) is 0 Å². The fraction of sp³-hybridized carbons (Fsp3) is 0.950. The van der Waals surface area contributed by atoms with E-state index in [1.165, 1.54) is 25.7 Å². The van der Waals surface area contributed by atoms with E-state index in [2.05, 4.69) is 41.5 Å². The zero-order valence-corrected chi connectivity index (χ0v) is 15.2. The van der Waals surface area contributed by atoms with E-state index in [0.29, 0.717) is 22.5 Å². The molecule has 2 aliphatic carbocycles. The van der Waals surface area contributed by atoms with Crippen LogP contribution in [0, 0.1) is 34.5 Å². The first kappa shape index (κ1) is 17.0. The highest BCUT2D eigenvalue weighted by Crippen LogP contribution is 2.57. The molecule has 5 atom stereocenters. The molecular formula is C20H36O. The zero-order chi connectivity index (χ0) is 15.8. The molecule has 0 aromatic heterocycles. The average molecular weight is 293 g/mol. The third kappa shape index (κ3) is 3.54. The van der Waals surface area contributed by atoms with E-state index < -0.39 is 0 Å². The monoisotopic (exact) mass is 292 g/mol. The summed E-state index contributed by atoms with van der Waals surface area (Å²) in [6, 6.07) is 0. The van der Waals surface area contributed by atoms with Gasteiger partial charge >= 0.3 is 0 Å². The van der Waals surface area contributed by atoms with Crippen molar-refractivity contribution in [2.24, 2.45) is 34.5 Å². The number of carbonyl (C=O) groups excluding carboxylic acids is 1. The molecule has 1 heteroatoms. The summed E-state index contributed by atoms with van der Waals surface area (Å²) < 4.78 is 0. The van der Waals surface area contributed by atoms with Crippen molar-refractivity contribution in [1.29, 1.82) is 0 Å². The summed E-state index contributed by atoms with van der Waals surface area (Å²) in [4.78, 5) is 12.3. The van der Waals surface area contributed by atoms with Crippen LogP contribution < -0.4 is 0 Å². The van der Waals surface area contributed by atoms with Gasteiger partial charge in [-0.25, -0.2) is 0 Å². The second-order valence-corrected chi connectivity index (χ2v) is 9.50. The number of ketones is 1. The Balaban J connectivity index is 2.02. The molecule has 0 aliphatic heterocycles. The van der Waals surface area contributed by atoms with Gasteiger partial charge in [-0.2, -0.15) is 0 Å². The Morgan fingerprint density at radius 2 is 1.90 bits per heavy atom. The van der Waals surface area contributed by atoms with Crippen molar-refractivity contribution >= 4 is 5.78 Å². The molecule has 2 aliphatic rings. The van der Waals surface area contributed by atoms with E-state index >= 15 is 0 Å². The molecular weight excluding hydrogens is 256 g/mol. The lowest BCUT2D eigenvalue weighted by Gasteiger charge is -2.44. The van der Waals surface area contributed by atoms with Crippen LogP contribution in [0.2, 0.25) is 0 Å². The second-order valence-electron chi connectivity index (χ2n) is 9.50. The van der Waals surface area contributed by atoms with E-state index in [4.69, 9.17) is 0 Å². The molecule has 0 saturated heterocycles. The number of Topliss-reactive ketones (excluding diaryl/α,β-unsaturated/α-hetero) is 1. The highest BCUT2D eigenvalue weighted by molar-refractivity contribution is 5.83. The molecule has 2 fully saturated rings. The maximum absolute atomic E-state index is 12.3. The van der Waals surface area contributed by atoms with Crippen LogP contribution in [0.5, 0.6) is 0 Å². The first-order chi connectivity index (χ1) is 9.65. The smallest absolute Gasteiger partial charge is 0.136 e. The van der Waals surface area contributed by atoms with Crippen molar-refractivity contribution in [3.8, 4) is 0 Å². The summed E-state index contributed by atoms with van der Waals surface area (Å²) in [5.74, 6) is 3.26. The topological polar surface area (TPSA) is 17.1 Å². The van der Waals surface area contributed by atoms with Gasteiger partial charge in [-0.1, -0.05) is 41.5 Å². The quantitative estimate of drug-likeness (QED) is 0.633. The molecule has 2 rings (SSSR count). The van der Waals surface area contributed by atoms with Crippen LogP contribution in [0.1, 0.15) is 86.5 Å². The predicted molar refractivity (Wildman–Crippen MR) is 90.2 cm³/mol. The molecule has 0 heterocycles. The standard InChI is InChI=1S/C20H36O/c1-14(11-13-19(3,4)5)15(2)16-9-10-17-18(21)8-7-12-20(16,17)6/h14-17H,7-13H2,1-6H3/t14-,15-,16?,17?,20-/m1/s1. The minimum atomic E-state index is 0.310. The Morgan fingerprint density at radius 3 is 2.52 bits per heavy atom. The van der Waals surface area contributed by atoms with Gasteiger partial charge in [-0.15, -0.1) is 0 Å². The molecule has 0 aromatic rings. The average Bonchev–Trinajstić information content (AvgIpc) is 2.73. The molecule has 2 unspecified atom stereocenters. The SMILES string of the molecule is C[C@H](CCC(C)(C)C)[C@@H](C)C1CCC2C(=O)CCC[C@@]21C. The van der Waals surface area contributed by atoms with Crippen molar-refractivity contribution in [3.63, 3.8) is 0 Å². The molecule has 0 spiro atoms. The maximum atomic E-state index is 12.3. The van der Waals surface area contributed by atoms with Crippen molar-refractivity contribution in [1.82, 2.24) is 0 Å². The lowest BCUT2D eigenvalue weighted by atomic mass is 9.60. The summed E-state index contributed by atoms with van der Waals surface area (Å²) in [5, 5.41) is 0. The molecule has 0 radical (unpaired) electrons. The third-order valence-electron chi connectivity index (χ3n) is 6.82. The van der Waals surface area contributed by atoms with Crippen LogP contribution in [-0.4, -0.2) is 5.78 Å². The van der Waals surface area contributed by atoms with Gasteiger partial charge in [-0.05, 0) is 67.1 Å². The summed E-state index contributed by atoms with van der Waals surface area (Å²) in [6.45, 7) is 14.4. The molecule has 1 nitrogen and oxygen atoms in total. The van der Waals surface area contributed by atoms with Gasteiger partial charge in [0.15, 0.2) is 0 Å². The Kier molecular flexibility index (Phi) is 4.90. The molecule has 0 aromatic carbocycles. The molecule has 0 amide bonds. The lowest BCUT2D eigenvalue weighted by molar-refractivity contribution is -0.130. The summed E-state index contributed by atoms with van der Waals surface area (Å²) in [6.07, 6.45) is 8.35. The fourth-order valence-electron chi connectivity index (χ4n) is 5.15. The summed E-state index contributed by atoms with van der Waals surface area (Å²) in [5.41, 5.74) is 0.752. The highest BCUT2D eigenvalue weighted by Gasteiger charge is 2.52. The summed E-state index contributed by atoms with van der Waals surface area (Å²) >= 11 is 0. The minimum absolute atomic E-state index is 0.310. The Morgan fingerprint density at radius 1 is 1.24 bits per heavy atom. The Bertz CT molecular complexity index is 378. The van der Waals surface area contributed by atoms with Crippen LogP contribution in [0.15, 0.2) is 0 Å². The third-order valence-corrected chi connectivity index (χ3v) is 6.82. The van der Waals surface area contributed by atoms with Crippen LogP contribution in [0.25, 0.3) is 0 Å². The second kappa shape index (κ2) is 6.05. The molecule has 21 heavy (non-hydrogen) atoms. The van der Waals surface area contributed by atoms with Crippen molar-refractivity contribution in [2.45, 2.75) is 86.5 Å². The molecule has 0 bridgehead atoms. The highest BCUT2D eigenvalue weighted by atomic mass is 16.1. The first-order valence-corrected chi connectivity index (χ1v) is 9.18. The number of hydrogen-bond donors (Lipinski definition) is 0. The van der Waals surface area contributed by atoms with Gasteiger partial charge in [0.1, 0.15) is 5.78 Å². The molecule has 122 valence electrons. The van der Waals surface area contributed by atoms with Gasteiger partial charge in [-0.3, -0.25) is 4.79 Å². The van der Waals surface area contributed by atoms with Crippen molar-refractivity contribution < 1.29 is 4.79 Å². The largest absolute Gasteiger partial charge is 0.299 e. The van der Waals surface area contributed by atoms with E-state index in [1.807, 2.05) is 0 Å². The van der Waals surface area contributed by atoms with Crippen molar-refractivity contribution in [2.75, 3.05) is 0 Å². The van der Waals surface area contributed by atoms with E-state index in [1.54, 1.807) is 0 Å². The molecule has 0 N–H and O–H groups in total. The van der Waals surface area contributed by atoms with Gasteiger partial charge in [0, 0.05) is 12.3 Å². The summed E-state index contributed by atoms with van der Waals surface area (Å²) in [7, 11) is 0. The number of carbonyl (C=O) groups is 1. The number of hydrogen-bond acceptors (Lipinski definition) is 1.